The predicted octanol–water partition coefficient (Wildman–Crippen LogP) is 2.37. The molecule has 2 unspecified atom stereocenters. The monoisotopic (exact) mass is 226 g/mol. The van der Waals surface area contributed by atoms with Gasteiger partial charge in [-0.25, -0.2) is 0 Å². The molecule has 1 rings (SSSR count). The minimum atomic E-state index is 0.0697. The molecule has 0 aromatic heterocycles. The fourth-order valence-electron chi connectivity index (χ4n) is 2.39. The highest BCUT2D eigenvalue weighted by molar-refractivity contribution is 5.84. The van der Waals surface area contributed by atoms with Crippen molar-refractivity contribution >= 4 is 5.91 Å². The Morgan fingerprint density at radius 3 is 2.50 bits per heavy atom. The summed E-state index contributed by atoms with van der Waals surface area (Å²) in [6, 6.07) is 0.0697. The number of carbonyl (C=O) groups excluding carboxylic acids is 1. The molecule has 1 heterocycles. The van der Waals surface area contributed by atoms with Crippen molar-refractivity contribution in [3.63, 3.8) is 0 Å². The van der Waals surface area contributed by atoms with Gasteiger partial charge in [0.15, 0.2) is 0 Å². The van der Waals surface area contributed by atoms with Crippen LogP contribution in [0.3, 0.4) is 0 Å². The van der Waals surface area contributed by atoms with Gasteiger partial charge in [-0.3, -0.25) is 10.1 Å². The third kappa shape index (κ3) is 3.21. The number of nitrogens with one attached hydrogen (secondary N) is 1. The second-order valence-corrected chi connectivity index (χ2v) is 5.18. The van der Waals surface area contributed by atoms with Crippen LogP contribution >= 0.6 is 0 Å². The van der Waals surface area contributed by atoms with Crippen LogP contribution in [0, 0.1) is 5.92 Å². The molecule has 1 N–H and O–H groups in total. The second-order valence-electron chi connectivity index (χ2n) is 5.18. The van der Waals surface area contributed by atoms with Crippen molar-refractivity contribution in [1.29, 1.82) is 0 Å². The maximum Gasteiger partial charge on any atom is 0.241 e. The number of amides is 1. The standard InChI is InChI=1S/C13H26N2O/c1-5-7-11-13(16)15(8-6-2)12(14-11)9-10(3)4/h10-12,14H,5-9H2,1-4H3. The van der Waals surface area contributed by atoms with Gasteiger partial charge in [-0.05, 0) is 25.2 Å². The fourth-order valence-corrected chi connectivity index (χ4v) is 2.39. The predicted molar refractivity (Wildman–Crippen MR) is 67.1 cm³/mol. The van der Waals surface area contributed by atoms with Crippen molar-refractivity contribution in [3.8, 4) is 0 Å². The summed E-state index contributed by atoms with van der Waals surface area (Å²) in [6.45, 7) is 9.58. The molecule has 1 saturated heterocycles. The van der Waals surface area contributed by atoms with Crippen LogP contribution in [-0.2, 0) is 4.79 Å². The van der Waals surface area contributed by atoms with Crippen LogP contribution in [0.5, 0.6) is 0 Å². The molecule has 0 bridgehead atoms. The van der Waals surface area contributed by atoms with E-state index in [2.05, 4.69) is 33.0 Å². The van der Waals surface area contributed by atoms with E-state index >= 15 is 0 Å². The van der Waals surface area contributed by atoms with Gasteiger partial charge >= 0.3 is 0 Å². The molecule has 1 amide bonds. The van der Waals surface area contributed by atoms with Gasteiger partial charge in [-0.15, -0.1) is 0 Å². The van der Waals surface area contributed by atoms with E-state index < -0.39 is 0 Å². The van der Waals surface area contributed by atoms with E-state index in [1.165, 1.54) is 0 Å². The summed E-state index contributed by atoms with van der Waals surface area (Å²) < 4.78 is 0. The largest absolute Gasteiger partial charge is 0.326 e. The van der Waals surface area contributed by atoms with E-state index in [4.69, 9.17) is 0 Å². The lowest BCUT2D eigenvalue weighted by Gasteiger charge is -2.25. The Morgan fingerprint density at radius 1 is 1.31 bits per heavy atom. The Bertz CT molecular complexity index is 228. The van der Waals surface area contributed by atoms with Crippen LogP contribution < -0.4 is 5.32 Å². The number of nitrogens with zero attached hydrogens (tertiary/aromatic N) is 1. The van der Waals surface area contributed by atoms with Crippen molar-refractivity contribution < 1.29 is 4.79 Å². The Balaban J connectivity index is 2.63. The summed E-state index contributed by atoms with van der Waals surface area (Å²) in [6.07, 6.45) is 4.40. The van der Waals surface area contributed by atoms with Crippen LogP contribution in [0.15, 0.2) is 0 Å². The summed E-state index contributed by atoms with van der Waals surface area (Å²) >= 11 is 0. The second kappa shape index (κ2) is 6.24. The van der Waals surface area contributed by atoms with Gasteiger partial charge in [0, 0.05) is 6.54 Å². The normalized spacial score (nSPS) is 25.8. The lowest BCUT2D eigenvalue weighted by atomic mass is 10.1. The Morgan fingerprint density at radius 2 is 2.00 bits per heavy atom. The molecule has 0 spiro atoms. The summed E-state index contributed by atoms with van der Waals surface area (Å²) in [7, 11) is 0. The first kappa shape index (κ1) is 13.5. The van der Waals surface area contributed by atoms with Crippen LogP contribution in [0.4, 0.5) is 0 Å². The van der Waals surface area contributed by atoms with E-state index in [1.807, 2.05) is 4.90 Å². The van der Waals surface area contributed by atoms with E-state index in [0.29, 0.717) is 11.8 Å². The minimum Gasteiger partial charge on any atom is -0.326 e. The van der Waals surface area contributed by atoms with E-state index in [9.17, 15) is 4.79 Å². The molecule has 94 valence electrons. The first-order chi connectivity index (χ1) is 7.60. The zero-order valence-electron chi connectivity index (χ0n) is 11.1. The molecule has 0 saturated carbocycles. The lowest BCUT2D eigenvalue weighted by Crippen LogP contribution is -2.38. The van der Waals surface area contributed by atoms with Gasteiger partial charge in [-0.2, -0.15) is 0 Å². The van der Waals surface area contributed by atoms with Crippen molar-refractivity contribution in [2.45, 2.75) is 65.6 Å². The molecule has 0 aliphatic carbocycles. The molecule has 3 nitrogen and oxygen atoms in total. The van der Waals surface area contributed by atoms with Crippen molar-refractivity contribution in [1.82, 2.24) is 10.2 Å². The van der Waals surface area contributed by atoms with E-state index in [1.54, 1.807) is 0 Å². The number of carbonyl (C=O) groups is 1. The van der Waals surface area contributed by atoms with E-state index in [-0.39, 0.29) is 12.2 Å². The number of hydrogen-bond acceptors (Lipinski definition) is 2. The van der Waals surface area contributed by atoms with E-state index in [0.717, 1.165) is 32.2 Å². The molecular weight excluding hydrogens is 200 g/mol. The van der Waals surface area contributed by atoms with Crippen molar-refractivity contribution in [2.24, 2.45) is 5.92 Å². The third-order valence-electron chi connectivity index (χ3n) is 3.09. The average molecular weight is 226 g/mol. The quantitative estimate of drug-likeness (QED) is 0.754. The van der Waals surface area contributed by atoms with Gasteiger partial charge in [0.2, 0.25) is 5.91 Å². The Labute approximate surface area is 99.6 Å². The molecular formula is C13H26N2O. The molecule has 2 atom stereocenters. The summed E-state index contributed by atoms with van der Waals surface area (Å²) in [4.78, 5) is 14.2. The maximum atomic E-state index is 12.1. The van der Waals surface area contributed by atoms with Gasteiger partial charge < -0.3 is 4.90 Å². The average Bonchev–Trinajstić information content (AvgIpc) is 2.47. The highest BCUT2D eigenvalue weighted by Crippen LogP contribution is 2.20. The van der Waals surface area contributed by atoms with Gasteiger partial charge in [0.25, 0.3) is 0 Å². The highest BCUT2D eigenvalue weighted by atomic mass is 16.2. The Kier molecular flexibility index (Phi) is 5.26. The smallest absolute Gasteiger partial charge is 0.241 e. The van der Waals surface area contributed by atoms with Gasteiger partial charge in [0.05, 0.1) is 12.2 Å². The number of rotatable bonds is 6. The first-order valence-electron chi connectivity index (χ1n) is 6.66. The van der Waals surface area contributed by atoms with Gasteiger partial charge in [-0.1, -0.05) is 34.1 Å². The van der Waals surface area contributed by atoms with Crippen molar-refractivity contribution in [3.05, 3.63) is 0 Å². The molecule has 0 radical (unpaired) electrons. The zero-order chi connectivity index (χ0) is 12.1. The molecule has 0 aromatic rings. The summed E-state index contributed by atoms with van der Waals surface area (Å²) in [5.74, 6) is 0.944. The summed E-state index contributed by atoms with van der Waals surface area (Å²) in [5, 5.41) is 3.48. The minimum absolute atomic E-state index is 0.0697. The fraction of sp³-hybridized carbons (Fsp3) is 0.923. The Hall–Kier alpha value is -0.570. The first-order valence-corrected chi connectivity index (χ1v) is 6.66. The molecule has 3 heteroatoms. The summed E-state index contributed by atoms with van der Waals surface area (Å²) in [5.41, 5.74) is 0. The lowest BCUT2D eigenvalue weighted by molar-refractivity contribution is -0.130. The highest BCUT2D eigenvalue weighted by Gasteiger charge is 2.37. The van der Waals surface area contributed by atoms with Crippen LogP contribution in [0.25, 0.3) is 0 Å². The topological polar surface area (TPSA) is 32.3 Å². The SMILES string of the molecule is CCCC1NC(CC(C)C)N(CCC)C1=O. The molecule has 1 aliphatic rings. The molecule has 16 heavy (non-hydrogen) atoms. The van der Waals surface area contributed by atoms with Crippen LogP contribution in [0.1, 0.15) is 53.4 Å². The molecule has 0 aromatic carbocycles. The van der Waals surface area contributed by atoms with Crippen molar-refractivity contribution in [2.75, 3.05) is 6.54 Å². The maximum absolute atomic E-state index is 12.1. The molecule has 1 aliphatic heterocycles. The third-order valence-corrected chi connectivity index (χ3v) is 3.09. The van der Waals surface area contributed by atoms with Gasteiger partial charge in [0.1, 0.15) is 0 Å². The number of hydrogen-bond donors (Lipinski definition) is 1. The molecule has 1 fully saturated rings. The van der Waals surface area contributed by atoms with Crippen LogP contribution in [-0.4, -0.2) is 29.6 Å². The zero-order valence-corrected chi connectivity index (χ0v) is 11.1. The van der Waals surface area contributed by atoms with Crippen LogP contribution in [0.2, 0.25) is 0 Å².